The number of nitriles is 1. The van der Waals surface area contributed by atoms with Crippen LogP contribution in [0.2, 0.25) is 0 Å². The van der Waals surface area contributed by atoms with Crippen molar-refractivity contribution in [1.82, 2.24) is 24.3 Å². The van der Waals surface area contributed by atoms with E-state index >= 15 is 0 Å². The highest BCUT2D eigenvalue weighted by atomic mass is 32.2. The normalized spacial score (nSPS) is 12.6. The molecule has 0 radical (unpaired) electrons. The average Bonchev–Trinajstić information content (AvgIpc) is 1.60. The molecule has 49 heteroatoms. The molecule has 0 unspecified atom stereocenters. The zero-order valence-corrected chi connectivity index (χ0v) is 63.2. The van der Waals surface area contributed by atoms with Crippen LogP contribution in [0.4, 0.5) is 80.4 Å². The summed E-state index contributed by atoms with van der Waals surface area (Å²) in [6.07, 6.45) is -0.584. The molecule has 6 aromatic carbocycles. The van der Waals surface area contributed by atoms with Crippen LogP contribution in [0.15, 0.2) is 158 Å². The van der Waals surface area contributed by atoms with E-state index in [-0.39, 0.29) is 132 Å². The molecule has 0 amide bonds. The van der Waals surface area contributed by atoms with Crippen LogP contribution in [0.3, 0.4) is 0 Å². The molecule has 0 aliphatic carbocycles. The topological polar surface area (TPSA) is 623 Å². The fourth-order valence-electron chi connectivity index (χ4n) is 9.69. The van der Waals surface area contributed by atoms with Gasteiger partial charge in [-0.05, 0) is 129 Å². The number of imidazole rings is 1. The first-order valence-electron chi connectivity index (χ1n) is 30.9. The van der Waals surface area contributed by atoms with E-state index in [1.807, 2.05) is 0 Å². The summed E-state index contributed by atoms with van der Waals surface area (Å²) in [5.74, 6) is -4.48. The number of non-ortho nitro benzene ring substituents is 1. The summed E-state index contributed by atoms with van der Waals surface area (Å²) in [5.41, 5.74) is -0.286. The summed E-state index contributed by atoms with van der Waals surface area (Å²) in [5, 5.41) is 77.3. The minimum Gasteiger partial charge on any atom is -0.497 e. The Kier molecular flexibility index (Phi) is 26.1. The number of fused-ring (bicyclic) bond motifs is 3. The number of nitro benzene ring substituents is 1. The van der Waals surface area contributed by atoms with Crippen molar-refractivity contribution in [2.24, 2.45) is 40.9 Å². The van der Waals surface area contributed by atoms with Gasteiger partial charge in [-0.1, -0.05) is 6.07 Å². The summed E-state index contributed by atoms with van der Waals surface area (Å²) < 4.78 is 215. The number of hydrogen-bond donors (Lipinski definition) is 10. The second-order valence-electron chi connectivity index (χ2n) is 22.9. The number of hydrogen-bond acceptors (Lipinski definition) is 35. The van der Waals surface area contributed by atoms with Crippen molar-refractivity contribution in [3.8, 4) is 23.4 Å². The standard InChI is InChI=1S/C60H60N18O23S8/c1-33-23-47(73-76-55-35(3)40(32-61)56-64-46-27-38(100-4)12-14-50(46)77(56)57(55)79)51(101-16-6-19-104(82,83)84)29-42(33)70-75-49-28-44(65-60-67-58(62-15-22-107(91,92)93)66-59(68-60)63-36-9-5-10-39(25-36)108(94,95)96)45(31-53(49)103-18-8-21-106(88,89)90)72-74-48-24-34(2)43(30-52(48)102-17-7-20-105(85,86)87)71-69-41-13-11-37(78(80)81)26-54(41)109(97,98)99/h5,9-14,23-31,79H,6-8,15-22H2,1-4H3,(H,82,83,84)(H,85,86,87)(H,88,89,90)(H,91,92,93)(H,94,95,96)(H,97,98,99)(H3,62,63,65,66,67,68). The van der Waals surface area contributed by atoms with Crippen molar-refractivity contribution in [3.63, 3.8) is 0 Å². The highest BCUT2D eigenvalue weighted by Gasteiger charge is 2.25. The summed E-state index contributed by atoms with van der Waals surface area (Å²) in [6, 6.07) is 22.2. The van der Waals surface area contributed by atoms with Gasteiger partial charge < -0.3 is 30.5 Å². The maximum atomic E-state index is 12.4. The Morgan fingerprint density at radius 1 is 0.578 bits per heavy atom. The van der Waals surface area contributed by atoms with Crippen molar-refractivity contribution in [2.45, 2.75) is 59.6 Å². The second kappa shape index (κ2) is 34.4. The number of benzene rings is 6. The van der Waals surface area contributed by atoms with E-state index in [0.717, 1.165) is 47.8 Å². The molecule has 0 spiro atoms. The fourth-order valence-corrected chi connectivity index (χ4v) is 15.0. The van der Waals surface area contributed by atoms with E-state index in [1.165, 1.54) is 73.9 Å². The van der Waals surface area contributed by atoms with Crippen LogP contribution in [0.1, 0.15) is 41.5 Å². The quantitative estimate of drug-likeness (QED) is 0.00440. The third kappa shape index (κ3) is 23.0. The van der Waals surface area contributed by atoms with Crippen LogP contribution in [-0.2, 0) is 60.7 Å². The van der Waals surface area contributed by atoms with Crippen LogP contribution in [0.5, 0.6) is 17.4 Å². The van der Waals surface area contributed by atoms with Crippen LogP contribution in [-0.4, -0.2) is 167 Å². The van der Waals surface area contributed by atoms with Gasteiger partial charge in [0.1, 0.15) is 50.8 Å². The maximum Gasteiger partial charge on any atom is 0.297 e. The smallest absolute Gasteiger partial charge is 0.297 e. The zero-order valence-electron chi connectivity index (χ0n) is 56.7. The van der Waals surface area contributed by atoms with Crippen LogP contribution < -0.4 is 25.4 Å². The van der Waals surface area contributed by atoms with Gasteiger partial charge in [0.25, 0.3) is 66.4 Å². The predicted octanol–water partition coefficient (Wildman–Crippen LogP) is 12.4. The molecule has 0 bridgehead atoms. The van der Waals surface area contributed by atoms with Crippen LogP contribution in [0.25, 0.3) is 16.7 Å². The number of nitrogens with one attached hydrogen (secondary N) is 3. The van der Waals surface area contributed by atoms with Gasteiger partial charge in [0.2, 0.25) is 23.7 Å². The molecule has 0 atom stereocenters. The molecular weight excluding hydrogens is 1600 g/mol. The van der Waals surface area contributed by atoms with E-state index in [4.69, 9.17) is 9.47 Å². The Hall–Kier alpha value is -10.5. The van der Waals surface area contributed by atoms with E-state index in [2.05, 4.69) is 82.9 Å². The van der Waals surface area contributed by atoms with Crippen LogP contribution >= 0.6 is 23.5 Å². The number of thioether (sulfide) groups is 2. The Morgan fingerprint density at radius 2 is 1.13 bits per heavy atom. The number of rotatable bonds is 35. The molecule has 0 saturated heterocycles. The number of methoxy groups -OCH3 is 1. The van der Waals surface area contributed by atoms with Gasteiger partial charge in [0, 0.05) is 51.9 Å². The van der Waals surface area contributed by atoms with Crippen molar-refractivity contribution in [3.05, 3.63) is 129 Å². The Labute approximate surface area is 628 Å². The summed E-state index contributed by atoms with van der Waals surface area (Å²) in [7, 11) is -26.6. The molecule has 0 fully saturated rings. The number of anilines is 5. The SMILES string of the molecule is COc1ccc2c(c1)nc1c(C#N)c(C)c(N=Nc3cc(C)c(N=Nc4cc(Nc5nc(NCCS(=O)(=O)O)nc(Nc6cccc(S(=O)(=O)O)c6)n5)c(N=Nc5cc(C)c(N=Nc6ccc([N+](=O)[O-])cc6S(=O)(=O)O)cc5SCCCS(=O)(=O)O)cc4SCCCS(=O)(=O)O)cc3OCCCS(=O)(=O)O)c(O)n12. The minimum atomic E-state index is -5.13. The molecule has 576 valence electrons. The lowest BCUT2D eigenvalue weighted by atomic mass is 10.1. The molecule has 9 rings (SSSR count). The molecule has 0 aliphatic heterocycles. The van der Waals surface area contributed by atoms with Crippen LogP contribution in [0, 0.1) is 42.2 Å². The highest BCUT2D eigenvalue weighted by Crippen LogP contribution is 2.46. The lowest BCUT2D eigenvalue weighted by Crippen LogP contribution is -2.17. The highest BCUT2D eigenvalue weighted by molar-refractivity contribution is 7.99. The molecule has 0 aliphatic rings. The Morgan fingerprint density at radius 3 is 1.72 bits per heavy atom. The number of aryl methyl sites for hydroxylation is 2. The third-order valence-electron chi connectivity index (χ3n) is 14.8. The number of nitrogens with zero attached hydrogens (tertiary/aromatic N) is 15. The predicted molar refractivity (Wildman–Crippen MR) is 396 cm³/mol. The molecule has 109 heavy (non-hydrogen) atoms. The van der Waals surface area contributed by atoms with E-state index in [0.29, 0.717) is 28.4 Å². The van der Waals surface area contributed by atoms with Gasteiger partial charge in [-0.3, -0.25) is 41.8 Å². The van der Waals surface area contributed by atoms with Gasteiger partial charge in [-0.25, -0.2) is 4.98 Å². The van der Waals surface area contributed by atoms with Gasteiger partial charge in [-0.2, -0.15) is 80.9 Å². The third-order valence-corrected chi connectivity index (χ3v) is 21.9. The zero-order chi connectivity index (χ0) is 79.6. The average molecular weight is 1660 g/mol. The van der Waals surface area contributed by atoms with Crippen molar-refractivity contribution >= 4 is 181 Å². The first-order chi connectivity index (χ1) is 51.1. The molecule has 9 aromatic rings. The minimum absolute atomic E-state index is 0.00285. The Balaban J connectivity index is 1.22. The lowest BCUT2D eigenvalue weighted by molar-refractivity contribution is -0.385. The molecule has 3 aromatic heterocycles. The largest absolute Gasteiger partial charge is 0.497 e. The van der Waals surface area contributed by atoms with E-state index in [9.17, 15) is 98.3 Å². The van der Waals surface area contributed by atoms with Crippen molar-refractivity contribution in [2.75, 3.05) is 70.7 Å². The van der Waals surface area contributed by atoms with E-state index in [1.54, 1.807) is 25.1 Å². The number of ether oxygens (including phenoxy) is 2. The maximum absolute atomic E-state index is 12.4. The monoisotopic (exact) mass is 1660 g/mol. The van der Waals surface area contributed by atoms with Gasteiger partial charge in [-0.15, -0.1) is 54.2 Å². The molecule has 3 heterocycles. The number of pyridine rings is 1. The first-order valence-corrected chi connectivity index (χ1v) is 42.2. The lowest BCUT2D eigenvalue weighted by Gasteiger charge is -2.15. The number of aromatic nitrogens is 5. The number of azo groups is 4. The molecule has 10 N–H and O–H groups in total. The molecule has 0 saturated carbocycles. The van der Waals surface area contributed by atoms with Gasteiger partial charge in [0.05, 0.1) is 80.3 Å². The summed E-state index contributed by atoms with van der Waals surface area (Å²) in [6.45, 7) is 3.69. The second-order valence-corrected chi connectivity index (χ2v) is 34.3. The summed E-state index contributed by atoms with van der Waals surface area (Å²) in [4.78, 5) is 27.0. The first kappa shape index (κ1) is 82.6. The Bertz CT molecular complexity index is 5990. The number of nitro groups is 1. The van der Waals surface area contributed by atoms with E-state index < -0.39 is 134 Å². The van der Waals surface area contributed by atoms with Crippen molar-refractivity contribution < 1.29 is 97.3 Å². The van der Waals surface area contributed by atoms with Gasteiger partial charge >= 0.3 is 0 Å². The number of aromatic hydroxyl groups is 1. The van der Waals surface area contributed by atoms with Gasteiger partial charge in [0.15, 0.2) is 11.3 Å². The molecular formula is C60H60N18O23S8. The summed E-state index contributed by atoms with van der Waals surface area (Å²) >= 11 is 1.92. The molecule has 41 nitrogen and oxygen atoms in total. The van der Waals surface area contributed by atoms with Crippen molar-refractivity contribution in [1.29, 1.82) is 5.26 Å². The fraction of sp³-hybridized carbons (Fsp3) is 0.250.